The van der Waals surface area contributed by atoms with E-state index in [-0.39, 0.29) is 0 Å². The van der Waals surface area contributed by atoms with E-state index in [0.717, 1.165) is 0 Å². The fourth-order valence-electron chi connectivity index (χ4n) is 1.97. The van der Waals surface area contributed by atoms with Crippen molar-refractivity contribution < 1.29 is 0 Å². The van der Waals surface area contributed by atoms with Gasteiger partial charge in [0.2, 0.25) is 0 Å². The van der Waals surface area contributed by atoms with E-state index in [1.54, 1.807) is 0 Å². The number of rotatable bonds is 0. The van der Waals surface area contributed by atoms with Gasteiger partial charge in [-0.1, -0.05) is 0 Å². The zero-order chi connectivity index (χ0) is 10.4. The Morgan fingerprint density at radius 1 is 0.867 bits per heavy atom. The van der Waals surface area contributed by atoms with Crippen LogP contribution in [0, 0.1) is 13.8 Å². The fourth-order valence-corrected chi connectivity index (χ4v) is 2.99. The van der Waals surface area contributed by atoms with Gasteiger partial charge >= 0.3 is 0 Å². The highest BCUT2D eigenvalue weighted by Crippen LogP contribution is 2.32. The predicted octanol–water partition coefficient (Wildman–Crippen LogP) is 3.46. The topological polar surface area (TPSA) is 25.8 Å². The molecule has 2 nitrogen and oxygen atoms in total. The lowest BCUT2D eigenvalue weighted by Crippen LogP contribution is -1.80. The van der Waals surface area contributed by atoms with Crippen molar-refractivity contribution >= 4 is 32.9 Å². The molecule has 3 aromatic rings. The molecule has 0 atom stereocenters. The Morgan fingerprint density at radius 2 is 1.33 bits per heavy atom. The Labute approximate surface area is 91.6 Å². The SMILES string of the molecule is Cc1sc(C)c2cc3cnncc3cc12. The largest absolute Gasteiger partial charge is 0.158 e. The Hall–Kier alpha value is -1.48. The summed E-state index contributed by atoms with van der Waals surface area (Å²) < 4.78 is 0. The quantitative estimate of drug-likeness (QED) is 0.572. The van der Waals surface area contributed by atoms with E-state index in [0.29, 0.717) is 0 Å². The maximum absolute atomic E-state index is 3.91. The van der Waals surface area contributed by atoms with Gasteiger partial charge in [-0.15, -0.1) is 11.3 Å². The number of nitrogens with zero attached hydrogens (tertiary/aromatic N) is 2. The Morgan fingerprint density at radius 3 is 1.80 bits per heavy atom. The molecular formula is C12H10N2S. The van der Waals surface area contributed by atoms with Crippen LogP contribution in [-0.4, -0.2) is 10.2 Å². The molecule has 0 aliphatic carbocycles. The summed E-state index contributed by atoms with van der Waals surface area (Å²) in [5.74, 6) is 0. The van der Waals surface area contributed by atoms with E-state index < -0.39 is 0 Å². The summed E-state index contributed by atoms with van der Waals surface area (Å²) in [7, 11) is 0. The highest BCUT2D eigenvalue weighted by molar-refractivity contribution is 7.13. The fraction of sp³-hybridized carbons (Fsp3) is 0.167. The van der Waals surface area contributed by atoms with Gasteiger partial charge < -0.3 is 0 Å². The molecule has 0 radical (unpaired) electrons. The lowest BCUT2D eigenvalue weighted by Gasteiger charge is -1.98. The van der Waals surface area contributed by atoms with Crippen LogP contribution in [0.15, 0.2) is 24.5 Å². The second-order valence-corrected chi connectivity index (χ2v) is 5.16. The van der Waals surface area contributed by atoms with Crippen molar-refractivity contribution in [3.8, 4) is 0 Å². The molecule has 3 rings (SSSR count). The first-order valence-corrected chi connectivity index (χ1v) is 5.67. The first kappa shape index (κ1) is 8.80. The first-order valence-electron chi connectivity index (χ1n) is 4.86. The molecular weight excluding hydrogens is 204 g/mol. The van der Waals surface area contributed by atoms with Gasteiger partial charge in [0.1, 0.15) is 0 Å². The summed E-state index contributed by atoms with van der Waals surface area (Å²) in [6.07, 6.45) is 3.64. The molecule has 0 amide bonds. The average molecular weight is 214 g/mol. The van der Waals surface area contributed by atoms with Crippen LogP contribution >= 0.6 is 11.3 Å². The summed E-state index contributed by atoms with van der Waals surface area (Å²) in [5, 5.41) is 12.8. The summed E-state index contributed by atoms with van der Waals surface area (Å²) >= 11 is 1.85. The van der Waals surface area contributed by atoms with Gasteiger partial charge in [-0.3, -0.25) is 0 Å². The summed E-state index contributed by atoms with van der Waals surface area (Å²) in [6.45, 7) is 4.33. The number of thiophene rings is 1. The lowest BCUT2D eigenvalue weighted by atomic mass is 10.1. The van der Waals surface area contributed by atoms with Gasteiger partial charge in [0.05, 0.1) is 12.4 Å². The number of fused-ring (bicyclic) bond motifs is 2. The smallest absolute Gasteiger partial charge is 0.0574 e. The summed E-state index contributed by atoms with van der Waals surface area (Å²) in [6, 6.07) is 4.41. The van der Waals surface area contributed by atoms with E-state index in [9.17, 15) is 0 Å². The standard InChI is InChI=1S/C12H10N2S/c1-7-11-3-9-5-13-14-6-10(9)4-12(11)8(2)15-7/h3-6H,1-2H3. The van der Waals surface area contributed by atoms with E-state index in [2.05, 4.69) is 36.2 Å². The van der Waals surface area contributed by atoms with Gasteiger partial charge in [-0.25, -0.2) is 0 Å². The lowest BCUT2D eigenvalue weighted by molar-refractivity contribution is 1.05. The Bertz CT molecular complexity index is 600. The maximum atomic E-state index is 3.91. The van der Waals surface area contributed by atoms with Gasteiger partial charge in [-0.05, 0) is 36.8 Å². The third-order valence-electron chi connectivity index (χ3n) is 2.75. The molecule has 74 valence electrons. The van der Waals surface area contributed by atoms with Gasteiger partial charge in [-0.2, -0.15) is 10.2 Å². The molecule has 0 bridgehead atoms. The van der Waals surface area contributed by atoms with Crippen molar-refractivity contribution in [3.05, 3.63) is 34.3 Å². The molecule has 0 spiro atoms. The van der Waals surface area contributed by atoms with Crippen molar-refractivity contribution in [1.29, 1.82) is 0 Å². The molecule has 0 N–H and O–H groups in total. The van der Waals surface area contributed by atoms with Crippen molar-refractivity contribution in [2.75, 3.05) is 0 Å². The molecule has 0 saturated heterocycles. The van der Waals surface area contributed by atoms with Crippen LogP contribution in [0.5, 0.6) is 0 Å². The zero-order valence-electron chi connectivity index (χ0n) is 8.61. The van der Waals surface area contributed by atoms with E-state index in [1.807, 2.05) is 23.7 Å². The second-order valence-electron chi connectivity index (χ2n) is 3.73. The van der Waals surface area contributed by atoms with Gasteiger partial charge in [0.15, 0.2) is 0 Å². The minimum atomic E-state index is 1.17. The number of hydrogen-bond acceptors (Lipinski definition) is 3. The molecule has 0 unspecified atom stereocenters. The number of aromatic nitrogens is 2. The van der Waals surface area contributed by atoms with Crippen LogP contribution in [0.3, 0.4) is 0 Å². The maximum Gasteiger partial charge on any atom is 0.0574 e. The zero-order valence-corrected chi connectivity index (χ0v) is 9.43. The third-order valence-corrected chi connectivity index (χ3v) is 3.80. The van der Waals surface area contributed by atoms with Gasteiger partial charge in [0, 0.05) is 20.5 Å². The molecule has 0 fully saturated rings. The van der Waals surface area contributed by atoms with Crippen LogP contribution in [0.1, 0.15) is 9.75 Å². The molecule has 0 aliphatic rings. The monoisotopic (exact) mass is 214 g/mol. The summed E-state index contributed by atoms with van der Waals surface area (Å²) in [5.41, 5.74) is 0. The van der Waals surface area contributed by atoms with Gasteiger partial charge in [0.25, 0.3) is 0 Å². The molecule has 3 heteroatoms. The normalized spacial score (nSPS) is 11.3. The van der Waals surface area contributed by atoms with Crippen LogP contribution in [0.2, 0.25) is 0 Å². The molecule has 1 aromatic carbocycles. The molecule has 2 aromatic heterocycles. The highest BCUT2D eigenvalue weighted by atomic mass is 32.1. The molecule has 0 saturated carbocycles. The van der Waals surface area contributed by atoms with E-state index in [1.165, 1.54) is 31.3 Å². The second kappa shape index (κ2) is 3.00. The van der Waals surface area contributed by atoms with Crippen LogP contribution in [-0.2, 0) is 0 Å². The first-order chi connectivity index (χ1) is 7.25. The molecule has 15 heavy (non-hydrogen) atoms. The minimum absolute atomic E-state index is 1.17. The van der Waals surface area contributed by atoms with Crippen molar-refractivity contribution in [2.45, 2.75) is 13.8 Å². The van der Waals surface area contributed by atoms with Crippen LogP contribution in [0.4, 0.5) is 0 Å². The van der Waals surface area contributed by atoms with Crippen LogP contribution in [0.25, 0.3) is 21.5 Å². The number of benzene rings is 1. The minimum Gasteiger partial charge on any atom is -0.158 e. The Balaban J connectivity index is 2.55. The predicted molar refractivity (Wildman–Crippen MR) is 64.4 cm³/mol. The van der Waals surface area contributed by atoms with Crippen molar-refractivity contribution in [2.24, 2.45) is 0 Å². The molecule has 2 heterocycles. The Kier molecular flexibility index (Phi) is 1.76. The average Bonchev–Trinajstić information content (AvgIpc) is 2.52. The van der Waals surface area contributed by atoms with E-state index >= 15 is 0 Å². The number of hydrogen-bond donors (Lipinski definition) is 0. The van der Waals surface area contributed by atoms with Crippen molar-refractivity contribution in [1.82, 2.24) is 10.2 Å². The number of aryl methyl sites for hydroxylation is 2. The van der Waals surface area contributed by atoms with Crippen molar-refractivity contribution in [3.63, 3.8) is 0 Å². The third kappa shape index (κ3) is 1.23. The highest BCUT2D eigenvalue weighted by Gasteiger charge is 2.06. The summed E-state index contributed by atoms with van der Waals surface area (Å²) in [4.78, 5) is 2.75. The van der Waals surface area contributed by atoms with Crippen LogP contribution < -0.4 is 0 Å². The van der Waals surface area contributed by atoms with E-state index in [4.69, 9.17) is 0 Å². The molecule has 0 aliphatic heterocycles.